The predicted octanol–water partition coefficient (Wildman–Crippen LogP) is 3.25. The van der Waals surface area contributed by atoms with Gasteiger partial charge in [-0.3, -0.25) is 4.98 Å². The number of aromatic nitrogens is 1. The summed E-state index contributed by atoms with van der Waals surface area (Å²) in [6.45, 7) is 5.80. The molecule has 0 saturated carbocycles. The minimum atomic E-state index is 0.272. The van der Waals surface area contributed by atoms with Crippen LogP contribution in [0.1, 0.15) is 50.3 Å². The molecular formula is C13H19NO. The second kappa shape index (κ2) is 5.64. The largest absolute Gasteiger partial charge is 0.300 e. The molecule has 0 aliphatic carbocycles. The third-order valence-corrected chi connectivity index (χ3v) is 2.74. The molecule has 1 atom stereocenters. The Balaban J connectivity index is 2.65. The first-order valence-electron chi connectivity index (χ1n) is 5.55. The first-order valence-corrected chi connectivity index (χ1v) is 5.55. The fourth-order valence-corrected chi connectivity index (χ4v) is 1.70. The third kappa shape index (κ3) is 3.82. The van der Waals surface area contributed by atoms with Crippen molar-refractivity contribution in [2.75, 3.05) is 0 Å². The van der Waals surface area contributed by atoms with Gasteiger partial charge in [0.2, 0.25) is 0 Å². The lowest BCUT2D eigenvalue weighted by Gasteiger charge is -2.13. The number of nitrogens with zero attached hydrogens (tertiary/aromatic N) is 1. The van der Waals surface area contributed by atoms with Crippen LogP contribution < -0.4 is 0 Å². The number of carbonyl (C=O) groups is 1. The molecular weight excluding hydrogens is 186 g/mol. The van der Waals surface area contributed by atoms with E-state index < -0.39 is 0 Å². The maximum atomic E-state index is 10.9. The van der Waals surface area contributed by atoms with Crippen LogP contribution in [0.15, 0.2) is 18.3 Å². The number of carbonyl (C=O) groups excluding carboxylic acids is 1. The molecule has 0 aliphatic rings. The molecule has 15 heavy (non-hydrogen) atoms. The monoisotopic (exact) mass is 205 g/mol. The normalized spacial score (nSPS) is 12.5. The van der Waals surface area contributed by atoms with Gasteiger partial charge in [0.25, 0.3) is 0 Å². The highest BCUT2D eigenvalue weighted by Gasteiger charge is 2.10. The van der Waals surface area contributed by atoms with Crippen LogP contribution in [0.4, 0.5) is 0 Å². The van der Waals surface area contributed by atoms with Gasteiger partial charge in [-0.25, -0.2) is 0 Å². The fourth-order valence-electron chi connectivity index (χ4n) is 1.70. The molecule has 2 nitrogen and oxygen atoms in total. The molecule has 0 saturated heterocycles. The summed E-state index contributed by atoms with van der Waals surface area (Å²) in [5.41, 5.74) is 2.30. The molecule has 0 amide bonds. The number of Topliss-reactive ketones (excluding diaryl/α,β-unsaturated/α-hetero) is 1. The van der Waals surface area contributed by atoms with Crippen LogP contribution in [0.3, 0.4) is 0 Å². The Morgan fingerprint density at radius 2 is 2.20 bits per heavy atom. The Hall–Kier alpha value is -1.18. The fraction of sp³-hybridized carbons (Fsp3) is 0.538. The van der Waals surface area contributed by atoms with Crippen molar-refractivity contribution in [3.05, 3.63) is 29.6 Å². The van der Waals surface area contributed by atoms with Gasteiger partial charge in [0, 0.05) is 18.3 Å². The average Bonchev–Trinajstić information content (AvgIpc) is 2.21. The van der Waals surface area contributed by atoms with Crippen molar-refractivity contribution in [2.24, 2.45) is 0 Å². The van der Waals surface area contributed by atoms with E-state index >= 15 is 0 Å². The van der Waals surface area contributed by atoms with E-state index in [0.29, 0.717) is 12.3 Å². The molecule has 1 aromatic rings. The lowest BCUT2D eigenvalue weighted by Crippen LogP contribution is -2.01. The Bertz CT molecular complexity index is 316. The molecule has 0 N–H and O–H groups in total. The van der Waals surface area contributed by atoms with Crippen LogP contribution in [0.5, 0.6) is 0 Å². The van der Waals surface area contributed by atoms with Gasteiger partial charge in [0.1, 0.15) is 5.78 Å². The minimum absolute atomic E-state index is 0.272. The highest BCUT2D eigenvalue weighted by Crippen LogP contribution is 2.24. The molecule has 0 aliphatic heterocycles. The zero-order chi connectivity index (χ0) is 11.3. The third-order valence-electron chi connectivity index (χ3n) is 2.74. The predicted molar refractivity (Wildman–Crippen MR) is 61.9 cm³/mol. The Kier molecular flexibility index (Phi) is 4.47. The molecule has 82 valence electrons. The summed E-state index contributed by atoms with van der Waals surface area (Å²) in [6.07, 6.45) is 4.62. The van der Waals surface area contributed by atoms with Crippen LogP contribution in [0.25, 0.3) is 0 Å². The highest BCUT2D eigenvalue weighted by atomic mass is 16.1. The second-order valence-electron chi connectivity index (χ2n) is 4.08. The summed E-state index contributed by atoms with van der Waals surface area (Å²) in [6, 6.07) is 4.16. The smallest absolute Gasteiger partial charge is 0.129 e. The molecule has 1 heterocycles. The van der Waals surface area contributed by atoms with Gasteiger partial charge in [0.05, 0.1) is 0 Å². The minimum Gasteiger partial charge on any atom is -0.300 e. The van der Waals surface area contributed by atoms with E-state index in [2.05, 4.69) is 18.0 Å². The highest BCUT2D eigenvalue weighted by molar-refractivity contribution is 5.75. The second-order valence-corrected chi connectivity index (χ2v) is 4.08. The van der Waals surface area contributed by atoms with Crippen molar-refractivity contribution >= 4 is 5.78 Å². The van der Waals surface area contributed by atoms with E-state index in [-0.39, 0.29) is 5.78 Å². The summed E-state index contributed by atoms with van der Waals surface area (Å²) < 4.78 is 0. The number of hydrogen-bond acceptors (Lipinski definition) is 2. The molecule has 1 rings (SSSR count). The first kappa shape index (κ1) is 11.9. The van der Waals surface area contributed by atoms with Gasteiger partial charge in [-0.05, 0) is 44.2 Å². The van der Waals surface area contributed by atoms with Crippen molar-refractivity contribution in [1.29, 1.82) is 0 Å². The van der Waals surface area contributed by atoms with E-state index in [9.17, 15) is 4.79 Å². The Morgan fingerprint density at radius 1 is 1.47 bits per heavy atom. The molecule has 2 heteroatoms. The number of rotatable bonds is 5. The molecule has 0 unspecified atom stereocenters. The molecule has 1 aromatic heterocycles. The summed E-state index contributed by atoms with van der Waals surface area (Å²) in [7, 11) is 0. The molecule has 0 bridgehead atoms. The lowest BCUT2D eigenvalue weighted by molar-refractivity contribution is -0.117. The van der Waals surface area contributed by atoms with Crippen molar-refractivity contribution in [3.63, 3.8) is 0 Å². The van der Waals surface area contributed by atoms with E-state index in [1.165, 1.54) is 5.56 Å². The zero-order valence-corrected chi connectivity index (χ0v) is 9.79. The van der Waals surface area contributed by atoms with Crippen molar-refractivity contribution in [1.82, 2.24) is 4.98 Å². The first-order chi connectivity index (χ1) is 7.13. The zero-order valence-electron chi connectivity index (χ0n) is 9.79. The van der Waals surface area contributed by atoms with E-state index in [1.54, 1.807) is 6.92 Å². The summed E-state index contributed by atoms with van der Waals surface area (Å²) in [5.74, 6) is 0.746. The van der Waals surface area contributed by atoms with Crippen LogP contribution in [0, 0.1) is 6.92 Å². The number of pyridine rings is 1. The van der Waals surface area contributed by atoms with Gasteiger partial charge < -0.3 is 4.79 Å². The number of hydrogen-bond donors (Lipinski definition) is 0. The van der Waals surface area contributed by atoms with Gasteiger partial charge in [0.15, 0.2) is 0 Å². The topological polar surface area (TPSA) is 30.0 Å². The average molecular weight is 205 g/mol. The lowest BCUT2D eigenvalue weighted by atomic mass is 9.92. The number of ketones is 1. The van der Waals surface area contributed by atoms with Crippen molar-refractivity contribution in [2.45, 2.75) is 46.0 Å². The van der Waals surface area contributed by atoms with Crippen molar-refractivity contribution in [3.8, 4) is 0 Å². The van der Waals surface area contributed by atoms with Gasteiger partial charge in [-0.1, -0.05) is 13.0 Å². The Labute approximate surface area is 91.7 Å². The molecule has 0 aromatic carbocycles. The van der Waals surface area contributed by atoms with Crippen LogP contribution in [-0.2, 0) is 4.79 Å². The standard InChI is InChI=1S/C13H19NO/c1-4-12(8-6-11(3)15)13-7-5-10(2)14-9-13/h5,7,9,12H,4,6,8H2,1-3H3/t12-/m1/s1. The molecule has 0 spiro atoms. The number of aryl methyl sites for hydroxylation is 1. The summed E-state index contributed by atoms with van der Waals surface area (Å²) >= 11 is 0. The van der Waals surface area contributed by atoms with E-state index in [0.717, 1.165) is 18.5 Å². The van der Waals surface area contributed by atoms with Gasteiger partial charge >= 0.3 is 0 Å². The van der Waals surface area contributed by atoms with E-state index in [1.807, 2.05) is 19.2 Å². The van der Waals surface area contributed by atoms with E-state index in [4.69, 9.17) is 0 Å². The summed E-state index contributed by atoms with van der Waals surface area (Å²) in [5, 5.41) is 0. The Morgan fingerprint density at radius 3 is 2.67 bits per heavy atom. The van der Waals surface area contributed by atoms with Gasteiger partial charge in [-0.2, -0.15) is 0 Å². The van der Waals surface area contributed by atoms with Crippen LogP contribution in [0.2, 0.25) is 0 Å². The molecule has 0 fully saturated rings. The molecule has 0 radical (unpaired) electrons. The maximum Gasteiger partial charge on any atom is 0.129 e. The van der Waals surface area contributed by atoms with Crippen LogP contribution >= 0.6 is 0 Å². The van der Waals surface area contributed by atoms with Crippen molar-refractivity contribution < 1.29 is 4.79 Å². The SMILES string of the molecule is CC[C@H](CCC(C)=O)c1ccc(C)nc1. The maximum absolute atomic E-state index is 10.9. The summed E-state index contributed by atoms with van der Waals surface area (Å²) in [4.78, 5) is 15.2. The quantitative estimate of drug-likeness (QED) is 0.738. The van der Waals surface area contributed by atoms with Gasteiger partial charge in [-0.15, -0.1) is 0 Å². The van der Waals surface area contributed by atoms with Crippen LogP contribution in [-0.4, -0.2) is 10.8 Å².